The fraction of sp³-hybridized carbons (Fsp3) is 0.667. The molecule has 0 N–H and O–H groups in total. The number of piperidine rings is 1. The second-order valence-electron chi connectivity index (χ2n) is 7.02. The van der Waals surface area contributed by atoms with Gasteiger partial charge in [-0.3, -0.25) is 0 Å². The fourth-order valence-electron chi connectivity index (χ4n) is 3.59. The molecule has 6 heteroatoms. The summed E-state index contributed by atoms with van der Waals surface area (Å²) in [5.41, 5.74) is 0. The van der Waals surface area contributed by atoms with Crippen LogP contribution < -0.4 is 0 Å². The van der Waals surface area contributed by atoms with Gasteiger partial charge in [0.05, 0.1) is 0 Å². The molecule has 24 heavy (non-hydrogen) atoms. The Kier molecular flexibility index (Phi) is 5.25. The third kappa shape index (κ3) is 3.86. The van der Waals surface area contributed by atoms with Crippen molar-refractivity contribution in [1.29, 1.82) is 0 Å². The van der Waals surface area contributed by atoms with Crippen LogP contribution in [0.2, 0.25) is 0 Å². The minimum absolute atomic E-state index is 0.648. The van der Waals surface area contributed by atoms with Crippen LogP contribution in [0.4, 0.5) is 0 Å². The number of thiophene rings is 1. The predicted molar refractivity (Wildman–Crippen MR) is 101 cm³/mol. The Hall–Kier alpha value is -0.850. The summed E-state index contributed by atoms with van der Waals surface area (Å²) < 4.78 is 2.43. The zero-order chi connectivity index (χ0) is 16.4. The second kappa shape index (κ2) is 7.58. The zero-order valence-electron chi connectivity index (χ0n) is 14.4. The van der Waals surface area contributed by atoms with Crippen LogP contribution in [0.1, 0.15) is 55.3 Å². The number of rotatable bonds is 7. The van der Waals surface area contributed by atoms with Crippen LogP contribution in [-0.4, -0.2) is 45.1 Å². The molecule has 1 aliphatic carbocycles. The highest BCUT2D eigenvalue weighted by atomic mass is 32.2. The molecule has 1 atom stereocenters. The molecule has 0 bridgehead atoms. The van der Waals surface area contributed by atoms with Gasteiger partial charge in [0.2, 0.25) is 0 Å². The van der Waals surface area contributed by atoms with Gasteiger partial charge in [-0.2, -0.15) is 0 Å². The third-order valence-electron chi connectivity index (χ3n) is 5.16. The van der Waals surface area contributed by atoms with Gasteiger partial charge in [-0.25, -0.2) is 0 Å². The Morgan fingerprint density at radius 3 is 2.92 bits per heavy atom. The largest absolute Gasteiger partial charge is 0.303 e. The maximum absolute atomic E-state index is 4.53. The highest BCUT2D eigenvalue weighted by Crippen LogP contribution is 2.39. The molecule has 130 valence electrons. The molecule has 4 nitrogen and oxygen atoms in total. The molecule has 1 saturated carbocycles. The van der Waals surface area contributed by atoms with Gasteiger partial charge in [-0.15, -0.1) is 21.5 Å². The van der Waals surface area contributed by atoms with Crippen LogP contribution >= 0.6 is 23.1 Å². The lowest BCUT2D eigenvalue weighted by molar-refractivity contribution is 0.182. The molecule has 2 fully saturated rings. The first-order chi connectivity index (χ1) is 11.8. The van der Waals surface area contributed by atoms with Gasteiger partial charge >= 0.3 is 0 Å². The van der Waals surface area contributed by atoms with E-state index in [-0.39, 0.29) is 0 Å². The van der Waals surface area contributed by atoms with E-state index in [2.05, 4.69) is 44.2 Å². The Morgan fingerprint density at radius 1 is 1.25 bits per heavy atom. The molecule has 0 aromatic carbocycles. The van der Waals surface area contributed by atoms with Crippen molar-refractivity contribution in [2.45, 2.75) is 62.2 Å². The van der Waals surface area contributed by atoms with Crippen LogP contribution in [0.3, 0.4) is 0 Å². The lowest BCUT2D eigenvalue weighted by Gasteiger charge is -2.32. The number of thioether (sulfide) groups is 1. The van der Waals surface area contributed by atoms with E-state index in [9.17, 15) is 0 Å². The van der Waals surface area contributed by atoms with Crippen molar-refractivity contribution < 1.29 is 0 Å². The average Bonchev–Trinajstić information content (AvgIpc) is 3.14. The van der Waals surface area contributed by atoms with E-state index in [1.165, 1.54) is 49.9 Å². The summed E-state index contributed by atoms with van der Waals surface area (Å²) in [6.07, 6.45) is 8.87. The predicted octanol–water partition coefficient (Wildman–Crippen LogP) is 4.23. The fourth-order valence-corrected chi connectivity index (χ4v) is 5.36. The molecule has 4 rings (SSSR count). The molecule has 2 aromatic rings. The maximum Gasteiger partial charge on any atom is 0.191 e. The van der Waals surface area contributed by atoms with Crippen LogP contribution in [0, 0.1) is 0 Å². The van der Waals surface area contributed by atoms with Gasteiger partial charge in [-0.1, -0.05) is 24.2 Å². The maximum atomic E-state index is 4.53. The van der Waals surface area contributed by atoms with Crippen LogP contribution in [0.25, 0.3) is 0 Å². The van der Waals surface area contributed by atoms with Gasteiger partial charge < -0.3 is 9.47 Å². The van der Waals surface area contributed by atoms with Gasteiger partial charge in [0.1, 0.15) is 5.82 Å². The molecule has 2 aliphatic rings. The number of hydrogen-bond acceptors (Lipinski definition) is 5. The van der Waals surface area contributed by atoms with E-state index in [0.717, 1.165) is 29.2 Å². The Bertz CT molecular complexity index is 648. The van der Waals surface area contributed by atoms with Crippen molar-refractivity contribution in [3.8, 4) is 0 Å². The SMILES string of the molecule is CN1CCCCC1CCSc1nnc(Cc2cccs2)n1C1CC1. The van der Waals surface area contributed by atoms with E-state index in [4.69, 9.17) is 0 Å². The summed E-state index contributed by atoms with van der Waals surface area (Å²) in [5.74, 6) is 2.30. The topological polar surface area (TPSA) is 34.0 Å². The van der Waals surface area contributed by atoms with Crippen molar-refractivity contribution in [1.82, 2.24) is 19.7 Å². The smallest absolute Gasteiger partial charge is 0.191 e. The van der Waals surface area contributed by atoms with Crippen molar-refractivity contribution in [3.63, 3.8) is 0 Å². The van der Waals surface area contributed by atoms with Crippen molar-refractivity contribution >= 4 is 23.1 Å². The molecule has 0 radical (unpaired) electrons. The summed E-state index contributed by atoms with van der Waals surface area (Å²) in [5, 5.41) is 12.3. The normalized spacial score (nSPS) is 22.1. The van der Waals surface area contributed by atoms with Gasteiger partial charge in [0, 0.05) is 29.1 Å². The third-order valence-corrected chi connectivity index (χ3v) is 7.02. The Labute approximate surface area is 152 Å². The summed E-state index contributed by atoms with van der Waals surface area (Å²) in [7, 11) is 2.28. The standard InChI is InChI=1S/C18H26N4S2/c1-21-10-3-2-5-14(21)9-12-24-18-20-19-17(22(18)15-7-8-15)13-16-6-4-11-23-16/h4,6,11,14-15H,2-3,5,7-10,12-13H2,1H3. The molecule has 0 spiro atoms. The van der Waals surface area contributed by atoms with Crippen LogP contribution in [0.5, 0.6) is 0 Å². The molecular weight excluding hydrogens is 336 g/mol. The zero-order valence-corrected chi connectivity index (χ0v) is 16.0. The van der Waals surface area contributed by atoms with E-state index in [1.807, 2.05) is 23.1 Å². The van der Waals surface area contributed by atoms with E-state index < -0.39 is 0 Å². The van der Waals surface area contributed by atoms with E-state index in [0.29, 0.717) is 6.04 Å². The number of hydrogen-bond donors (Lipinski definition) is 0. The second-order valence-corrected chi connectivity index (χ2v) is 9.12. The first kappa shape index (κ1) is 16.6. The molecule has 1 saturated heterocycles. The summed E-state index contributed by atoms with van der Waals surface area (Å²) in [6.45, 7) is 1.26. The summed E-state index contributed by atoms with van der Waals surface area (Å²) >= 11 is 3.72. The quantitative estimate of drug-likeness (QED) is 0.690. The number of likely N-dealkylation sites (tertiary alicyclic amines) is 1. The molecule has 3 heterocycles. The number of aromatic nitrogens is 3. The summed E-state index contributed by atoms with van der Waals surface area (Å²) in [4.78, 5) is 3.92. The lowest BCUT2D eigenvalue weighted by atomic mass is 10.0. The first-order valence-corrected chi connectivity index (χ1v) is 11.0. The van der Waals surface area contributed by atoms with Crippen molar-refractivity contribution in [2.24, 2.45) is 0 Å². The minimum Gasteiger partial charge on any atom is -0.303 e. The van der Waals surface area contributed by atoms with Crippen LogP contribution in [0.15, 0.2) is 22.7 Å². The molecule has 0 amide bonds. The molecule has 1 aliphatic heterocycles. The summed E-state index contributed by atoms with van der Waals surface area (Å²) in [6, 6.07) is 5.72. The van der Waals surface area contributed by atoms with Gasteiger partial charge in [0.25, 0.3) is 0 Å². The van der Waals surface area contributed by atoms with Gasteiger partial charge in [0.15, 0.2) is 5.16 Å². The van der Waals surface area contributed by atoms with Crippen LogP contribution in [-0.2, 0) is 6.42 Å². The van der Waals surface area contributed by atoms with E-state index in [1.54, 1.807) is 0 Å². The Balaban J connectivity index is 1.38. The highest BCUT2D eigenvalue weighted by molar-refractivity contribution is 7.99. The Morgan fingerprint density at radius 2 is 2.17 bits per heavy atom. The molecule has 1 unspecified atom stereocenters. The number of nitrogens with zero attached hydrogens (tertiary/aromatic N) is 4. The first-order valence-electron chi connectivity index (χ1n) is 9.10. The molecule has 2 aromatic heterocycles. The molecular formula is C18H26N4S2. The van der Waals surface area contributed by atoms with Crippen molar-refractivity contribution in [3.05, 3.63) is 28.2 Å². The van der Waals surface area contributed by atoms with Gasteiger partial charge in [-0.05, 0) is 57.1 Å². The van der Waals surface area contributed by atoms with E-state index >= 15 is 0 Å². The minimum atomic E-state index is 0.648. The van der Waals surface area contributed by atoms with Crippen molar-refractivity contribution in [2.75, 3.05) is 19.3 Å². The highest BCUT2D eigenvalue weighted by Gasteiger charge is 2.30. The average molecular weight is 363 g/mol. The lowest BCUT2D eigenvalue weighted by Crippen LogP contribution is -2.36. The monoisotopic (exact) mass is 362 g/mol.